The quantitative estimate of drug-likeness (QED) is 0.0796. The van der Waals surface area contributed by atoms with E-state index in [1.54, 1.807) is 5.32 Å². The topological polar surface area (TPSA) is 44.8 Å². The summed E-state index contributed by atoms with van der Waals surface area (Å²) in [7, 11) is 1.18. The standard InChI is InChI=1S/C18H20N3O2.3C8H4F13.Sn/c1-23-17-10-6-5-9-16(17)20-11-13-21(14-12-20)18(22)19-15-7-3-2-4-8-15;3*1-2-3(9,10)4(11,12)5(13,14)6(15,16)7(17,18)8(19,20)21;/h2-3,5-10H,11-14H2,1H3,(H,19,22);3*1-2H2;. The summed E-state index contributed by atoms with van der Waals surface area (Å²) < 4.78 is 547. The molecular formula is C42H32F39N3O2Sn. The van der Waals surface area contributed by atoms with Crippen LogP contribution >= 0.6 is 0 Å². The van der Waals surface area contributed by atoms with Crippen molar-refractivity contribution in [2.24, 2.45) is 0 Å². The van der Waals surface area contributed by atoms with E-state index in [-0.39, 0.29) is 37.0 Å². The van der Waals surface area contributed by atoms with Crippen LogP contribution in [0.5, 0.6) is 5.75 Å². The molecule has 0 radical (unpaired) electrons. The predicted molar refractivity (Wildman–Crippen MR) is 218 cm³/mol. The molecule has 1 fully saturated rings. The van der Waals surface area contributed by atoms with Gasteiger partial charge in [0.15, 0.2) is 0 Å². The summed E-state index contributed by atoms with van der Waals surface area (Å²) in [5.74, 6) is -128. The molecule has 1 N–H and O–H groups in total. The zero-order valence-electron chi connectivity index (χ0n) is 41.6. The van der Waals surface area contributed by atoms with Crippen LogP contribution in [0.4, 0.5) is 187 Å². The zero-order chi connectivity index (χ0) is 68.7. The maximum absolute atomic E-state index is 15.6. The van der Waals surface area contributed by atoms with Crippen molar-refractivity contribution in [1.82, 2.24) is 4.90 Å². The number of carbonyl (C=O) groups excluding carboxylic acids is 1. The third kappa shape index (κ3) is 12.5. The molecule has 0 saturated carbocycles. The maximum atomic E-state index is 15.6. The summed E-state index contributed by atoms with van der Waals surface area (Å²) in [5.41, 5.74) is -0.977. The normalized spacial score (nSPS) is 16.6. The van der Waals surface area contributed by atoms with Crippen molar-refractivity contribution in [3.8, 4) is 5.75 Å². The molecule has 504 valence electrons. The van der Waals surface area contributed by atoms with E-state index in [2.05, 4.69) is 0 Å². The predicted octanol–water partition coefficient (Wildman–Crippen LogP) is 17.1. The van der Waals surface area contributed by atoms with Gasteiger partial charge in [0.1, 0.15) is 0 Å². The van der Waals surface area contributed by atoms with Crippen molar-refractivity contribution in [2.45, 2.75) is 140 Å². The first kappa shape index (κ1) is 76.6. The van der Waals surface area contributed by atoms with Crippen LogP contribution in [0, 0.1) is 0 Å². The fraction of sp³-hybridized carbons (Fsp3) is 0.690. The van der Waals surface area contributed by atoms with Crippen LogP contribution in [-0.2, 0) is 0 Å². The molecule has 0 aliphatic carbocycles. The average molecular weight is 1470 g/mol. The minimum atomic E-state index is -8.95. The number of ether oxygens (including phenoxy) is 1. The van der Waals surface area contributed by atoms with Crippen LogP contribution in [0.25, 0.3) is 0 Å². The number of para-hydroxylation sites is 2. The minimum absolute atomic E-state index is 0.0816. The van der Waals surface area contributed by atoms with Gasteiger partial charge in [0.25, 0.3) is 0 Å². The molecule has 0 spiro atoms. The van der Waals surface area contributed by atoms with E-state index in [1.165, 1.54) is 36.3 Å². The van der Waals surface area contributed by atoms with Gasteiger partial charge in [0.2, 0.25) is 0 Å². The van der Waals surface area contributed by atoms with Crippen molar-refractivity contribution >= 4 is 39.4 Å². The summed E-state index contributed by atoms with van der Waals surface area (Å²) >= 11 is -8.55. The van der Waals surface area contributed by atoms with Crippen molar-refractivity contribution in [2.75, 3.05) is 43.5 Å². The number of rotatable bonds is 25. The molecule has 1 saturated heterocycles. The number of nitrogens with one attached hydrogen (secondary N) is 1. The molecule has 1 heterocycles. The Hall–Kier alpha value is -4.62. The molecule has 5 nitrogen and oxygen atoms in total. The third-order valence-electron chi connectivity index (χ3n) is 13.5. The number of alkyl halides is 39. The first-order chi connectivity index (χ1) is 38.3. The van der Waals surface area contributed by atoms with Crippen LogP contribution in [0.3, 0.4) is 0 Å². The molecule has 87 heavy (non-hydrogen) atoms. The van der Waals surface area contributed by atoms with Gasteiger partial charge < -0.3 is 0 Å². The number of nitrogens with zero attached hydrogens (tertiary/aromatic N) is 2. The second-order valence-corrected chi connectivity index (χ2v) is 32.2. The van der Waals surface area contributed by atoms with Crippen LogP contribution in [-0.4, -0.2) is 170 Å². The van der Waals surface area contributed by atoms with Crippen molar-refractivity contribution in [3.05, 3.63) is 48.5 Å². The Labute approximate surface area is 462 Å². The van der Waals surface area contributed by atoms with E-state index in [0.717, 1.165) is 0 Å². The van der Waals surface area contributed by atoms with Crippen molar-refractivity contribution in [1.29, 1.82) is 0 Å². The Morgan fingerprint density at radius 2 is 0.701 bits per heavy atom. The Bertz CT molecular complexity index is 2520. The van der Waals surface area contributed by atoms with Crippen LogP contribution in [0.2, 0.25) is 13.3 Å². The number of halogens is 39. The van der Waals surface area contributed by atoms with Gasteiger partial charge in [0, 0.05) is 0 Å². The molecule has 0 aromatic heterocycles. The van der Waals surface area contributed by atoms with Crippen LogP contribution < -0.4 is 18.5 Å². The average Bonchev–Trinajstić information content (AvgIpc) is 0.767. The molecule has 0 unspecified atom stereocenters. The number of piperazine rings is 1. The van der Waals surface area contributed by atoms with E-state index < -0.39 is 187 Å². The summed E-state index contributed by atoms with van der Waals surface area (Å²) in [6.45, 7) is -1.45. The van der Waals surface area contributed by atoms with E-state index in [9.17, 15) is 123 Å². The second-order valence-electron chi connectivity index (χ2n) is 18.9. The summed E-state index contributed by atoms with van der Waals surface area (Å²) in [6.07, 6.45) is -36.9. The van der Waals surface area contributed by atoms with Gasteiger partial charge in [-0.05, 0) is 0 Å². The zero-order valence-corrected chi connectivity index (χ0v) is 44.5. The number of carbonyl (C=O) groups is 1. The van der Waals surface area contributed by atoms with Crippen LogP contribution in [0.1, 0.15) is 19.3 Å². The Kier molecular flexibility index (Phi) is 20.5. The van der Waals surface area contributed by atoms with Gasteiger partial charge in [-0.1, -0.05) is 6.07 Å². The summed E-state index contributed by atoms with van der Waals surface area (Å²) in [5, 5.41) is 1.72. The first-order valence-electron chi connectivity index (χ1n) is 22.7. The molecule has 2 amide bonds. The van der Waals surface area contributed by atoms with Crippen molar-refractivity contribution < 1.29 is 181 Å². The fourth-order valence-electron chi connectivity index (χ4n) is 8.04. The number of hydrogen-bond donors (Lipinski definition) is 1. The van der Waals surface area contributed by atoms with Gasteiger partial charge >= 0.3 is 450 Å². The second kappa shape index (κ2) is 23.2. The van der Waals surface area contributed by atoms with Crippen LogP contribution in [0.15, 0.2) is 48.5 Å². The van der Waals surface area contributed by atoms with E-state index in [0.29, 0.717) is 16.7 Å². The number of urea groups is 1. The Morgan fingerprint density at radius 1 is 0.402 bits per heavy atom. The molecular weight excluding hydrogens is 1440 g/mol. The molecule has 0 atom stereocenters. The molecule has 3 rings (SSSR count). The number of anilines is 2. The first-order valence-corrected chi connectivity index (χ1v) is 30.2. The molecule has 2 aromatic carbocycles. The number of methoxy groups -OCH3 is 1. The van der Waals surface area contributed by atoms with E-state index in [1.807, 2.05) is 0 Å². The summed E-state index contributed by atoms with van der Waals surface area (Å²) in [6, 6.07) is 4.17. The SMILES string of the molecule is COc1ccccc1N1CCN(C(=O)Nc2ccc[c]([Sn]([CH2]CC(F)(F)C(F)(F)C(F)(F)C(F)(F)C(F)(F)C(F)(F)F)([CH2]CC(F)(F)C(F)(F)C(F)(F)C(F)(F)C(F)(F)C(F)(F)F)[CH2]CC(F)(F)C(F)(F)C(F)(F)C(F)(F)C(F)(F)C(F)(F)F)c2)CC1. The van der Waals surface area contributed by atoms with Gasteiger partial charge in [0.05, 0.1) is 7.11 Å². The molecule has 2 aromatic rings. The summed E-state index contributed by atoms with van der Waals surface area (Å²) in [4.78, 5) is 15.6. The van der Waals surface area contributed by atoms with Gasteiger partial charge in [-0.25, -0.2) is 0 Å². The Morgan fingerprint density at radius 3 is 1.00 bits per heavy atom. The van der Waals surface area contributed by atoms with Crippen molar-refractivity contribution in [3.63, 3.8) is 0 Å². The van der Waals surface area contributed by atoms with Gasteiger partial charge in [-0.15, -0.1) is 0 Å². The number of benzene rings is 2. The molecule has 0 bridgehead atoms. The third-order valence-corrected chi connectivity index (χ3v) is 28.2. The van der Waals surface area contributed by atoms with Gasteiger partial charge in [-0.2, -0.15) is 0 Å². The fourth-order valence-corrected chi connectivity index (χ4v) is 22.0. The number of hydrogen-bond acceptors (Lipinski definition) is 3. The molecule has 45 heteroatoms. The molecule has 1 aliphatic rings. The monoisotopic (exact) mass is 1470 g/mol. The van der Waals surface area contributed by atoms with Gasteiger partial charge in [-0.3, -0.25) is 0 Å². The van der Waals surface area contributed by atoms with E-state index in [4.69, 9.17) is 4.74 Å². The Balaban J connectivity index is 2.48. The number of amides is 2. The molecule has 1 aliphatic heterocycles. The van der Waals surface area contributed by atoms with E-state index >= 15 is 52.7 Å².